The SMILES string of the molecule is CCc1c(C(=O)NC(CCO)C(C)C)cnc2ncnn12. The van der Waals surface area contributed by atoms with Gasteiger partial charge in [0.15, 0.2) is 0 Å². The van der Waals surface area contributed by atoms with Gasteiger partial charge in [-0.2, -0.15) is 10.1 Å². The highest BCUT2D eigenvalue weighted by Gasteiger charge is 2.20. The molecule has 0 saturated carbocycles. The lowest BCUT2D eigenvalue weighted by atomic mass is 10.0. The third-order valence-corrected chi connectivity index (χ3v) is 3.55. The Balaban J connectivity index is 2.30. The summed E-state index contributed by atoms with van der Waals surface area (Å²) in [7, 11) is 0. The molecule has 7 nitrogen and oxygen atoms in total. The van der Waals surface area contributed by atoms with E-state index in [2.05, 4.69) is 20.4 Å². The molecular weight excluding hydrogens is 270 g/mol. The minimum absolute atomic E-state index is 0.0458. The lowest BCUT2D eigenvalue weighted by Gasteiger charge is -2.22. The van der Waals surface area contributed by atoms with Gasteiger partial charge in [-0.25, -0.2) is 9.50 Å². The number of carbonyl (C=O) groups excluding carboxylic acids is 1. The van der Waals surface area contributed by atoms with Gasteiger partial charge in [-0.05, 0) is 18.8 Å². The normalized spacial score (nSPS) is 12.8. The van der Waals surface area contributed by atoms with Crippen LogP contribution in [0.25, 0.3) is 5.78 Å². The number of aromatic nitrogens is 4. The molecule has 21 heavy (non-hydrogen) atoms. The molecule has 1 atom stereocenters. The van der Waals surface area contributed by atoms with Gasteiger partial charge in [-0.3, -0.25) is 4.79 Å². The molecule has 114 valence electrons. The summed E-state index contributed by atoms with van der Waals surface area (Å²) in [5.74, 6) is 0.539. The first kappa shape index (κ1) is 15.4. The monoisotopic (exact) mass is 291 g/mol. The maximum atomic E-state index is 12.5. The van der Waals surface area contributed by atoms with Crippen LogP contribution in [0.15, 0.2) is 12.5 Å². The first-order valence-electron chi connectivity index (χ1n) is 7.17. The average Bonchev–Trinajstić information content (AvgIpc) is 2.93. The number of nitrogens with zero attached hydrogens (tertiary/aromatic N) is 4. The Kier molecular flexibility index (Phi) is 4.85. The molecule has 0 saturated heterocycles. The molecule has 0 aliphatic heterocycles. The van der Waals surface area contributed by atoms with Crippen LogP contribution in [0.1, 0.15) is 43.2 Å². The van der Waals surface area contributed by atoms with E-state index in [0.29, 0.717) is 24.2 Å². The van der Waals surface area contributed by atoms with Gasteiger partial charge in [0.1, 0.15) is 6.33 Å². The number of hydrogen-bond donors (Lipinski definition) is 2. The number of nitrogens with one attached hydrogen (secondary N) is 1. The predicted octanol–water partition coefficient (Wildman–Crippen LogP) is 0.823. The Morgan fingerprint density at radius 3 is 2.81 bits per heavy atom. The summed E-state index contributed by atoms with van der Waals surface area (Å²) in [6.45, 7) is 6.03. The molecule has 0 spiro atoms. The molecule has 2 heterocycles. The van der Waals surface area contributed by atoms with Crippen molar-refractivity contribution in [1.29, 1.82) is 0 Å². The van der Waals surface area contributed by atoms with Crippen molar-refractivity contribution >= 4 is 11.7 Å². The van der Waals surface area contributed by atoms with Crippen LogP contribution in [0, 0.1) is 5.92 Å². The molecule has 2 rings (SSSR count). The maximum absolute atomic E-state index is 12.5. The zero-order valence-corrected chi connectivity index (χ0v) is 12.6. The van der Waals surface area contributed by atoms with Gasteiger partial charge in [0.05, 0.1) is 11.3 Å². The largest absolute Gasteiger partial charge is 0.396 e. The third kappa shape index (κ3) is 3.18. The standard InChI is InChI=1S/C14H21N5O2/c1-4-12-10(7-15-14-16-8-17-19(12)14)13(21)18-11(5-6-20)9(2)3/h7-9,11,20H,4-6H2,1-3H3,(H,18,21). The van der Waals surface area contributed by atoms with E-state index >= 15 is 0 Å². The molecule has 1 amide bonds. The first-order valence-corrected chi connectivity index (χ1v) is 7.17. The molecule has 2 aromatic rings. The maximum Gasteiger partial charge on any atom is 0.254 e. The van der Waals surface area contributed by atoms with Gasteiger partial charge in [0, 0.05) is 18.8 Å². The quantitative estimate of drug-likeness (QED) is 0.822. The van der Waals surface area contributed by atoms with Crippen LogP contribution in [0.4, 0.5) is 0 Å². The van der Waals surface area contributed by atoms with Gasteiger partial charge < -0.3 is 10.4 Å². The second-order valence-corrected chi connectivity index (χ2v) is 5.28. The lowest BCUT2D eigenvalue weighted by Crippen LogP contribution is -2.39. The summed E-state index contributed by atoms with van der Waals surface area (Å²) in [5, 5.41) is 16.2. The van der Waals surface area contributed by atoms with Crippen LogP contribution >= 0.6 is 0 Å². The number of aliphatic hydroxyl groups is 1. The Bertz CT molecular complexity index is 623. The number of aliphatic hydroxyl groups excluding tert-OH is 1. The van der Waals surface area contributed by atoms with Gasteiger partial charge in [-0.15, -0.1) is 0 Å². The van der Waals surface area contributed by atoms with Crippen molar-refractivity contribution in [2.75, 3.05) is 6.61 Å². The summed E-state index contributed by atoms with van der Waals surface area (Å²) in [6.07, 6.45) is 4.14. The van der Waals surface area contributed by atoms with Crippen molar-refractivity contribution < 1.29 is 9.90 Å². The Hall–Kier alpha value is -2.02. The van der Waals surface area contributed by atoms with Crippen molar-refractivity contribution in [2.24, 2.45) is 5.92 Å². The van der Waals surface area contributed by atoms with Crippen LogP contribution in [0.3, 0.4) is 0 Å². The van der Waals surface area contributed by atoms with Crippen molar-refractivity contribution in [1.82, 2.24) is 24.9 Å². The summed E-state index contributed by atoms with van der Waals surface area (Å²) in [6, 6.07) is -0.0707. The van der Waals surface area contributed by atoms with Gasteiger partial charge in [0.25, 0.3) is 11.7 Å². The number of carbonyl (C=O) groups is 1. The van der Waals surface area contributed by atoms with E-state index in [-0.39, 0.29) is 24.5 Å². The number of rotatable bonds is 6. The Morgan fingerprint density at radius 2 is 2.19 bits per heavy atom. The minimum atomic E-state index is -0.191. The second kappa shape index (κ2) is 6.62. The zero-order chi connectivity index (χ0) is 15.4. The van der Waals surface area contributed by atoms with E-state index in [4.69, 9.17) is 5.11 Å². The van der Waals surface area contributed by atoms with Crippen LogP contribution < -0.4 is 5.32 Å². The molecule has 1 unspecified atom stereocenters. The number of amides is 1. The molecule has 0 aliphatic rings. The molecule has 0 aromatic carbocycles. The van der Waals surface area contributed by atoms with Crippen LogP contribution in [-0.2, 0) is 6.42 Å². The van der Waals surface area contributed by atoms with E-state index in [0.717, 1.165) is 5.69 Å². The molecular formula is C14H21N5O2. The fourth-order valence-corrected chi connectivity index (χ4v) is 2.31. The lowest BCUT2D eigenvalue weighted by molar-refractivity contribution is 0.0914. The predicted molar refractivity (Wildman–Crippen MR) is 78.0 cm³/mol. The number of fused-ring (bicyclic) bond motifs is 1. The summed E-state index contributed by atoms with van der Waals surface area (Å²) in [4.78, 5) is 20.7. The highest BCUT2D eigenvalue weighted by atomic mass is 16.3. The number of aryl methyl sites for hydroxylation is 1. The third-order valence-electron chi connectivity index (χ3n) is 3.55. The molecule has 7 heteroatoms. The molecule has 0 radical (unpaired) electrons. The van der Waals surface area contributed by atoms with E-state index in [1.54, 1.807) is 4.52 Å². The Labute approximate surface area is 123 Å². The van der Waals surface area contributed by atoms with Crippen molar-refractivity contribution in [3.05, 3.63) is 23.8 Å². The van der Waals surface area contributed by atoms with Crippen molar-refractivity contribution in [2.45, 2.75) is 39.7 Å². The highest BCUT2D eigenvalue weighted by molar-refractivity contribution is 5.95. The minimum Gasteiger partial charge on any atom is -0.396 e. The fraction of sp³-hybridized carbons (Fsp3) is 0.571. The van der Waals surface area contributed by atoms with Gasteiger partial charge >= 0.3 is 0 Å². The van der Waals surface area contributed by atoms with Crippen LogP contribution in [0.5, 0.6) is 0 Å². The summed E-state index contributed by atoms with van der Waals surface area (Å²) in [5.41, 5.74) is 1.28. The van der Waals surface area contributed by atoms with Gasteiger partial charge in [0.2, 0.25) is 0 Å². The van der Waals surface area contributed by atoms with E-state index in [9.17, 15) is 4.79 Å². The van der Waals surface area contributed by atoms with Crippen LogP contribution in [-0.4, -0.2) is 43.2 Å². The van der Waals surface area contributed by atoms with Crippen LogP contribution in [0.2, 0.25) is 0 Å². The zero-order valence-electron chi connectivity index (χ0n) is 12.6. The smallest absolute Gasteiger partial charge is 0.254 e. The van der Waals surface area contributed by atoms with Gasteiger partial charge in [-0.1, -0.05) is 20.8 Å². The number of hydrogen-bond acceptors (Lipinski definition) is 5. The van der Waals surface area contributed by atoms with E-state index < -0.39 is 0 Å². The first-order chi connectivity index (χ1) is 10.1. The van der Waals surface area contributed by atoms with E-state index in [1.807, 2.05) is 20.8 Å². The molecule has 0 fully saturated rings. The fourth-order valence-electron chi connectivity index (χ4n) is 2.31. The molecule has 2 N–H and O–H groups in total. The van der Waals surface area contributed by atoms with E-state index in [1.165, 1.54) is 12.5 Å². The highest BCUT2D eigenvalue weighted by Crippen LogP contribution is 2.12. The molecule has 0 bridgehead atoms. The topological polar surface area (TPSA) is 92.4 Å². The summed E-state index contributed by atoms with van der Waals surface area (Å²) >= 11 is 0. The second-order valence-electron chi connectivity index (χ2n) is 5.28. The molecule has 2 aromatic heterocycles. The Morgan fingerprint density at radius 1 is 1.43 bits per heavy atom. The summed E-state index contributed by atoms with van der Waals surface area (Å²) < 4.78 is 1.59. The molecule has 0 aliphatic carbocycles. The van der Waals surface area contributed by atoms with Crippen molar-refractivity contribution in [3.8, 4) is 0 Å². The average molecular weight is 291 g/mol. The van der Waals surface area contributed by atoms with Crippen molar-refractivity contribution in [3.63, 3.8) is 0 Å².